The monoisotopic (exact) mass is 610 g/mol. The van der Waals surface area contributed by atoms with Crippen molar-refractivity contribution in [1.29, 1.82) is 0 Å². The van der Waals surface area contributed by atoms with Gasteiger partial charge in [-0.15, -0.1) is 0 Å². The van der Waals surface area contributed by atoms with E-state index in [0.29, 0.717) is 29.1 Å². The van der Waals surface area contributed by atoms with Gasteiger partial charge in [0.05, 0.1) is 0 Å². The maximum absolute atomic E-state index is 14.0. The van der Waals surface area contributed by atoms with Crippen LogP contribution in [0.25, 0.3) is 21.9 Å². The summed E-state index contributed by atoms with van der Waals surface area (Å²) in [4.78, 5) is 14.0. The van der Waals surface area contributed by atoms with E-state index in [1.165, 1.54) is 12.0 Å². The van der Waals surface area contributed by atoms with Crippen molar-refractivity contribution < 1.29 is 14.3 Å². The number of hydrogen-bond acceptors (Lipinski definition) is 3. The molecule has 0 unspecified atom stereocenters. The Labute approximate surface area is 252 Å². The van der Waals surface area contributed by atoms with Gasteiger partial charge in [-0.05, 0) is 88.7 Å². The van der Waals surface area contributed by atoms with Crippen molar-refractivity contribution in [3.63, 3.8) is 0 Å². The Morgan fingerprint density at radius 1 is 0.902 bits per heavy atom. The summed E-state index contributed by atoms with van der Waals surface area (Å²) in [5, 5.41) is 2.30. The zero-order chi connectivity index (χ0) is 28.7. The van der Waals surface area contributed by atoms with Gasteiger partial charge < -0.3 is 9.47 Å². The fourth-order valence-corrected chi connectivity index (χ4v) is 7.37. The maximum Gasteiger partial charge on any atom is 0.342 e. The Morgan fingerprint density at radius 2 is 1.71 bits per heavy atom. The molecule has 0 heterocycles. The first-order valence-corrected chi connectivity index (χ1v) is 15.9. The van der Waals surface area contributed by atoms with E-state index >= 15 is 0 Å². The summed E-state index contributed by atoms with van der Waals surface area (Å²) in [6.45, 7) is 9.06. The second kappa shape index (κ2) is 11.6. The third-order valence-corrected chi connectivity index (χ3v) is 9.73. The van der Waals surface area contributed by atoms with Gasteiger partial charge in [-0.25, -0.2) is 4.79 Å². The lowest BCUT2D eigenvalue weighted by atomic mass is 9.75. The molecular weight excluding hydrogens is 572 g/mol. The molecule has 1 saturated carbocycles. The number of hydrogen-bond donors (Lipinski definition) is 0. The highest BCUT2D eigenvalue weighted by atomic mass is 79.9. The second-order valence-electron chi connectivity index (χ2n) is 12.6. The van der Waals surface area contributed by atoms with Crippen molar-refractivity contribution in [2.24, 2.45) is 23.7 Å². The average molecular weight is 612 g/mol. The van der Waals surface area contributed by atoms with E-state index < -0.39 is 0 Å². The molecule has 212 valence electrons. The Morgan fingerprint density at radius 3 is 2.49 bits per heavy atom. The fourth-order valence-electron chi connectivity index (χ4n) is 6.99. The number of fused-ring (bicyclic) bond motifs is 3. The van der Waals surface area contributed by atoms with E-state index in [2.05, 4.69) is 86.1 Å². The first-order valence-electron chi connectivity index (χ1n) is 15.1. The van der Waals surface area contributed by atoms with E-state index in [-0.39, 0.29) is 24.1 Å². The smallest absolute Gasteiger partial charge is 0.342 e. The molecule has 0 aromatic heterocycles. The van der Waals surface area contributed by atoms with Crippen LogP contribution in [-0.4, -0.2) is 12.1 Å². The number of benzene rings is 4. The standard InChI is InChI=1S/C37H39BrO3/c1-22(2)30-15-10-23(3)18-33(30)40-34-21-26(25-8-6-5-7-9-25)13-16-32(34)37(39)41-36-24(4)19-28-12-11-27-20-29(38)14-17-31(27)35(28)36/h5-9,11-14,16-17,20-24,30,33,36H,10,15,18-19H2,1-4H3/t23-,24+,30+,33-,36-/m1/s1. The highest BCUT2D eigenvalue weighted by Gasteiger charge is 2.36. The van der Waals surface area contributed by atoms with Crippen LogP contribution in [0.1, 0.15) is 74.5 Å². The predicted molar refractivity (Wildman–Crippen MR) is 170 cm³/mol. The molecule has 0 bridgehead atoms. The Balaban J connectivity index is 1.36. The van der Waals surface area contributed by atoms with Gasteiger partial charge >= 0.3 is 5.97 Å². The molecule has 5 atom stereocenters. The molecule has 4 heteroatoms. The third kappa shape index (κ3) is 5.68. The van der Waals surface area contributed by atoms with Gasteiger partial charge in [0.25, 0.3) is 0 Å². The summed E-state index contributed by atoms with van der Waals surface area (Å²) in [7, 11) is 0. The largest absolute Gasteiger partial charge is 0.489 e. The summed E-state index contributed by atoms with van der Waals surface area (Å²) in [6.07, 6.45) is 4.05. The van der Waals surface area contributed by atoms with Crippen molar-refractivity contribution >= 4 is 32.7 Å². The molecule has 0 N–H and O–H groups in total. The zero-order valence-corrected chi connectivity index (χ0v) is 26.0. The molecule has 1 fully saturated rings. The fraction of sp³-hybridized carbons (Fsp3) is 0.378. The lowest BCUT2D eigenvalue weighted by Gasteiger charge is -2.37. The van der Waals surface area contributed by atoms with Crippen molar-refractivity contribution in [1.82, 2.24) is 0 Å². The van der Waals surface area contributed by atoms with Crippen LogP contribution in [0.5, 0.6) is 5.75 Å². The summed E-state index contributed by atoms with van der Waals surface area (Å²) in [5.41, 5.74) is 5.05. The molecule has 4 aromatic carbocycles. The minimum atomic E-state index is -0.316. The first-order chi connectivity index (χ1) is 19.8. The molecule has 0 aliphatic heterocycles. The van der Waals surface area contributed by atoms with Crippen molar-refractivity contribution in [3.8, 4) is 16.9 Å². The Hall–Kier alpha value is -3.11. The van der Waals surface area contributed by atoms with Crippen LogP contribution in [0.3, 0.4) is 0 Å². The molecule has 6 rings (SSSR count). The Kier molecular flexibility index (Phi) is 7.96. The predicted octanol–water partition coefficient (Wildman–Crippen LogP) is 10.2. The molecular formula is C37H39BrO3. The summed E-state index contributed by atoms with van der Waals surface area (Å²) >= 11 is 3.60. The number of halogens is 1. The highest BCUT2D eigenvalue weighted by Crippen LogP contribution is 2.44. The van der Waals surface area contributed by atoms with Gasteiger partial charge in [0, 0.05) is 16.0 Å². The molecule has 0 amide bonds. The van der Waals surface area contributed by atoms with Gasteiger partial charge in [-0.3, -0.25) is 0 Å². The lowest BCUT2D eigenvalue weighted by molar-refractivity contribution is 0.0174. The van der Waals surface area contributed by atoms with E-state index in [9.17, 15) is 4.79 Å². The number of carbonyl (C=O) groups is 1. The van der Waals surface area contributed by atoms with Crippen molar-refractivity contribution in [3.05, 3.63) is 100 Å². The quantitative estimate of drug-likeness (QED) is 0.204. The number of rotatable bonds is 6. The minimum absolute atomic E-state index is 0.0739. The maximum atomic E-state index is 14.0. The molecule has 0 radical (unpaired) electrons. The number of ether oxygens (including phenoxy) is 2. The molecule has 4 aromatic rings. The Bertz CT molecular complexity index is 1560. The van der Waals surface area contributed by atoms with Gasteiger partial charge in [-0.2, -0.15) is 0 Å². The first kappa shape index (κ1) is 28.0. The second-order valence-corrected chi connectivity index (χ2v) is 13.5. The highest BCUT2D eigenvalue weighted by molar-refractivity contribution is 9.10. The van der Waals surface area contributed by atoms with Crippen LogP contribution in [0.2, 0.25) is 0 Å². The zero-order valence-electron chi connectivity index (χ0n) is 24.4. The third-order valence-electron chi connectivity index (χ3n) is 9.24. The molecule has 41 heavy (non-hydrogen) atoms. The molecule has 2 aliphatic carbocycles. The topological polar surface area (TPSA) is 35.5 Å². The van der Waals surface area contributed by atoms with Crippen LogP contribution in [0.15, 0.2) is 83.3 Å². The number of esters is 1. The molecule has 0 saturated heterocycles. The summed E-state index contributed by atoms with van der Waals surface area (Å²) in [5.74, 6) is 2.09. The van der Waals surface area contributed by atoms with Gasteiger partial charge in [-0.1, -0.05) is 105 Å². The minimum Gasteiger partial charge on any atom is -0.489 e. The molecule has 3 nitrogen and oxygen atoms in total. The van der Waals surface area contributed by atoms with Crippen LogP contribution >= 0.6 is 15.9 Å². The average Bonchev–Trinajstić information content (AvgIpc) is 3.28. The van der Waals surface area contributed by atoms with E-state index in [1.807, 2.05) is 36.4 Å². The molecule has 0 spiro atoms. The van der Waals surface area contributed by atoms with E-state index in [4.69, 9.17) is 9.47 Å². The summed E-state index contributed by atoms with van der Waals surface area (Å²) in [6, 6.07) is 26.9. The van der Waals surface area contributed by atoms with Crippen molar-refractivity contribution in [2.45, 2.75) is 65.6 Å². The van der Waals surface area contributed by atoms with Crippen LogP contribution < -0.4 is 4.74 Å². The number of carbonyl (C=O) groups excluding carboxylic acids is 1. The normalized spacial score (nSPS) is 23.9. The SMILES string of the molecule is CC(C)[C@@H]1CC[C@@H](C)C[C@H]1Oc1cc(-c2ccccc2)ccc1C(=O)O[C@H]1c2c(ccc3cc(Br)ccc23)C[C@@H]1C. The van der Waals surface area contributed by atoms with Crippen LogP contribution in [0, 0.1) is 23.7 Å². The van der Waals surface area contributed by atoms with Crippen LogP contribution in [0.4, 0.5) is 0 Å². The van der Waals surface area contributed by atoms with Gasteiger partial charge in [0.2, 0.25) is 0 Å². The van der Waals surface area contributed by atoms with E-state index in [1.54, 1.807) is 0 Å². The summed E-state index contributed by atoms with van der Waals surface area (Å²) < 4.78 is 14.3. The molecule has 2 aliphatic rings. The van der Waals surface area contributed by atoms with E-state index in [0.717, 1.165) is 51.2 Å². The van der Waals surface area contributed by atoms with Crippen molar-refractivity contribution in [2.75, 3.05) is 0 Å². The van der Waals surface area contributed by atoms with Crippen LogP contribution in [-0.2, 0) is 11.2 Å². The lowest BCUT2D eigenvalue weighted by Crippen LogP contribution is -2.36. The van der Waals surface area contributed by atoms with Gasteiger partial charge in [0.1, 0.15) is 23.5 Å². The van der Waals surface area contributed by atoms with Gasteiger partial charge in [0.15, 0.2) is 0 Å².